The minimum Gasteiger partial charge on any atom is -0.465 e. The van der Waals surface area contributed by atoms with Gasteiger partial charge in [-0.3, -0.25) is 9.58 Å². The summed E-state index contributed by atoms with van der Waals surface area (Å²) in [6, 6.07) is -1.02. The molecule has 22 heavy (non-hydrogen) atoms. The van der Waals surface area contributed by atoms with Gasteiger partial charge in [-0.2, -0.15) is 5.10 Å². The van der Waals surface area contributed by atoms with Gasteiger partial charge in [0, 0.05) is 14.1 Å². The molecule has 122 valence electrons. The van der Waals surface area contributed by atoms with E-state index in [1.165, 1.54) is 25.0 Å². The Kier molecular flexibility index (Phi) is 5.29. The van der Waals surface area contributed by atoms with E-state index < -0.39 is 23.7 Å². The SMILES string of the molecule is COC(=O)c1cnn(C)c1C(C=O)N(C)C(=O)OC(C)(C)C. The van der Waals surface area contributed by atoms with Gasteiger partial charge in [0.1, 0.15) is 23.5 Å². The predicted octanol–water partition coefficient (Wildman–Crippen LogP) is 1.31. The van der Waals surface area contributed by atoms with Crippen molar-refractivity contribution in [2.24, 2.45) is 7.05 Å². The van der Waals surface area contributed by atoms with E-state index >= 15 is 0 Å². The van der Waals surface area contributed by atoms with Crippen molar-refractivity contribution in [2.75, 3.05) is 14.2 Å². The van der Waals surface area contributed by atoms with E-state index in [1.807, 2.05) is 0 Å². The highest BCUT2D eigenvalue weighted by atomic mass is 16.6. The van der Waals surface area contributed by atoms with Crippen LogP contribution in [0.2, 0.25) is 0 Å². The summed E-state index contributed by atoms with van der Waals surface area (Å²) in [7, 11) is 4.22. The lowest BCUT2D eigenvalue weighted by molar-refractivity contribution is -0.112. The Balaban J connectivity index is 3.16. The van der Waals surface area contributed by atoms with Gasteiger partial charge in [0.05, 0.1) is 19.0 Å². The molecule has 1 atom stereocenters. The van der Waals surface area contributed by atoms with Gasteiger partial charge in [0.2, 0.25) is 0 Å². The van der Waals surface area contributed by atoms with E-state index in [-0.39, 0.29) is 11.3 Å². The van der Waals surface area contributed by atoms with Crippen LogP contribution in [0.1, 0.15) is 42.9 Å². The molecule has 1 rings (SSSR count). The molecule has 0 saturated carbocycles. The fourth-order valence-corrected chi connectivity index (χ4v) is 1.85. The molecule has 0 N–H and O–H groups in total. The van der Waals surface area contributed by atoms with Crippen LogP contribution in [0.4, 0.5) is 4.79 Å². The van der Waals surface area contributed by atoms with E-state index in [0.717, 1.165) is 4.90 Å². The molecule has 1 heterocycles. The molecule has 0 aromatic carbocycles. The lowest BCUT2D eigenvalue weighted by Crippen LogP contribution is -2.38. The molecule has 0 aliphatic carbocycles. The standard InChI is InChI=1S/C14H21N3O5/c1-14(2,3)22-13(20)16(4)10(8-18)11-9(12(19)21-6)7-15-17(11)5/h7-8,10H,1-6H3. The van der Waals surface area contributed by atoms with Crippen molar-refractivity contribution in [3.8, 4) is 0 Å². The van der Waals surface area contributed by atoms with E-state index in [1.54, 1.807) is 27.8 Å². The first kappa shape index (κ1) is 17.7. The quantitative estimate of drug-likeness (QED) is 0.615. The maximum atomic E-state index is 12.1. The normalized spacial score (nSPS) is 12.5. The zero-order chi connectivity index (χ0) is 17.1. The minimum absolute atomic E-state index is 0.123. The van der Waals surface area contributed by atoms with Crippen LogP contribution in [0.25, 0.3) is 0 Å². The van der Waals surface area contributed by atoms with Gasteiger partial charge >= 0.3 is 12.1 Å². The van der Waals surface area contributed by atoms with Gasteiger partial charge in [-0.25, -0.2) is 9.59 Å². The van der Waals surface area contributed by atoms with E-state index in [0.29, 0.717) is 6.29 Å². The number of aromatic nitrogens is 2. The number of amides is 1. The number of rotatable bonds is 4. The lowest BCUT2D eigenvalue weighted by atomic mass is 10.1. The molecular formula is C14H21N3O5. The van der Waals surface area contributed by atoms with Gasteiger partial charge in [0.25, 0.3) is 0 Å². The second kappa shape index (κ2) is 6.59. The summed E-state index contributed by atoms with van der Waals surface area (Å²) in [5.41, 5.74) is -0.316. The van der Waals surface area contributed by atoms with Crippen LogP contribution in [0, 0.1) is 0 Å². The van der Waals surface area contributed by atoms with Crippen molar-refractivity contribution in [3.05, 3.63) is 17.5 Å². The highest BCUT2D eigenvalue weighted by molar-refractivity contribution is 5.92. The molecule has 0 aliphatic rings. The van der Waals surface area contributed by atoms with Crippen LogP contribution in [-0.4, -0.2) is 52.8 Å². The van der Waals surface area contributed by atoms with Gasteiger partial charge in [0.15, 0.2) is 0 Å². The highest BCUT2D eigenvalue weighted by Crippen LogP contribution is 2.23. The third-order valence-electron chi connectivity index (χ3n) is 2.90. The van der Waals surface area contributed by atoms with Crippen molar-refractivity contribution in [2.45, 2.75) is 32.4 Å². The number of methoxy groups -OCH3 is 1. The molecule has 0 radical (unpaired) electrons. The van der Waals surface area contributed by atoms with Crippen molar-refractivity contribution < 1.29 is 23.9 Å². The number of aryl methyl sites for hydroxylation is 1. The predicted molar refractivity (Wildman–Crippen MR) is 77.3 cm³/mol. The minimum atomic E-state index is -1.02. The number of hydrogen-bond acceptors (Lipinski definition) is 6. The molecule has 1 aromatic heterocycles. The Morgan fingerprint density at radius 2 is 2.00 bits per heavy atom. The topological polar surface area (TPSA) is 90.7 Å². The van der Waals surface area contributed by atoms with Gasteiger partial charge in [-0.15, -0.1) is 0 Å². The van der Waals surface area contributed by atoms with Crippen LogP contribution in [0.5, 0.6) is 0 Å². The van der Waals surface area contributed by atoms with Crippen molar-refractivity contribution in [1.82, 2.24) is 14.7 Å². The van der Waals surface area contributed by atoms with Crippen LogP contribution in [0.3, 0.4) is 0 Å². The largest absolute Gasteiger partial charge is 0.465 e. The maximum Gasteiger partial charge on any atom is 0.410 e. The Bertz CT molecular complexity index is 574. The fraction of sp³-hybridized carbons (Fsp3) is 0.571. The molecule has 1 unspecified atom stereocenters. The van der Waals surface area contributed by atoms with Crippen molar-refractivity contribution >= 4 is 18.3 Å². The average molecular weight is 311 g/mol. The van der Waals surface area contributed by atoms with Crippen LogP contribution in [0.15, 0.2) is 6.20 Å². The van der Waals surface area contributed by atoms with Crippen LogP contribution in [-0.2, 0) is 21.3 Å². The third-order valence-corrected chi connectivity index (χ3v) is 2.90. The molecule has 0 bridgehead atoms. The third kappa shape index (κ3) is 3.84. The Morgan fingerprint density at radius 1 is 1.41 bits per heavy atom. The molecular weight excluding hydrogens is 290 g/mol. The Hall–Kier alpha value is -2.38. The maximum absolute atomic E-state index is 12.1. The molecule has 0 saturated heterocycles. The first-order valence-corrected chi connectivity index (χ1v) is 6.63. The van der Waals surface area contributed by atoms with E-state index in [4.69, 9.17) is 4.74 Å². The number of likely N-dealkylation sites (N-methyl/N-ethyl adjacent to an activating group) is 1. The van der Waals surface area contributed by atoms with E-state index in [2.05, 4.69) is 9.84 Å². The Labute approximate surface area is 129 Å². The first-order valence-electron chi connectivity index (χ1n) is 6.63. The summed E-state index contributed by atoms with van der Waals surface area (Å²) in [5.74, 6) is -0.632. The zero-order valence-electron chi connectivity index (χ0n) is 13.6. The average Bonchev–Trinajstić information content (AvgIpc) is 2.79. The lowest BCUT2D eigenvalue weighted by Gasteiger charge is -2.28. The number of aldehydes is 1. The highest BCUT2D eigenvalue weighted by Gasteiger charge is 2.31. The number of ether oxygens (including phenoxy) is 2. The summed E-state index contributed by atoms with van der Waals surface area (Å²) >= 11 is 0. The molecule has 8 heteroatoms. The van der Waals surface area contributed by atoms with E-state index in [9.17, 15) is 14.4 Å². The molecule has 0 fully saturated rings. The second-order valence-corrected chi connectivity index (χ2v) is 5.73. The summed E-state index contributed by atoms with van der Waals surface area (Å²) in [4.78, 5) is 36.5. The van der Waals surface area contributed by atoms with Gasteiger partial charge in [-0.05, 0) is 20.8 Å². The zero-order valence-corrected chi connectivity index (χ0v) is 13.6. The summed E-state index contributed by atoms with van der Waals surface area (Å²) in [6.45, 7) is 5.16. The molecule has 1 aromatic rings. The molecule has 1 amide bonds. The van der Waals surface area contributed by atoms with Crippen LogP contribution >= 0.6 is 0 Å². The number of carbonyl (C=O) groups is 3. The summed E-state index contributed by atoms with van der Waals surface area (Å²) < 4.78 is 11.2. The number of esters is 1. The summed E-state index contributed by atoms with van der Waals surface area (Å²) in [6.07, 6.45) is 1.16. The van der Waals surface area contributed by atoms with Crippen molar-refractivity contribution in [3.63, 3.8) is 0 Å². The van der Waals surface area contributed by atoms with Crippen molar-refractivity contribution in [1.29, 1.82) is 0 Å². The van der Waals surface area contributed by atoms with Crippen LogP contribution < -0.4 is 0 Å². The van der Waals surface area contributed by atoms with Gasteiger partial charge < -0.3 is 14.3 Å². The Morgan fingerprint density at radius 3 is 2.45 bits per heavy atom. The molecule has 0 aliphatic heterocycles. The molecule has 8 nitrogen and oxygen atoms in total. The fourth-order valence-electron chi connectivity index (χ4n) is 1.85. The van der Waals surface area contributed by atoms with Gasteiger partial charge in [-0.1, -0.05) is 0 Å². The number of carbonyl (C=O) groups excluding carboxylic acids is 3. The second-order valence-electron chi connectivity index (χ2n) is 5.73. The number of nitrogens with zero attached hydrogens (tertiary/aromatic N) is 3. The monoisotopic (exact) mass is 311 g/mol. The first-order chi connectivity index (χ1) is 10.1. The summed E-state index contributed by atoms with van der Waals surface area (Å²) in [5, 5.41) is 3.95. The number of hydrogen-bond donors (Lipinski definition) is 0. The smallest absolute Gasteiger partial charge is 0.410 e. The molecule has 0 spiro atoms.